The minimum absolute atomic E-state index is 0.649. The van der Waals surface area contributed by atoms with Crippen LogP contribution in [0.3, 0.4) is 0 Å². The summed E-state index contributed by atoms with van der Waals surface area (Å²) in [7, 11) is 0. The summed E-state index contributed by atoms with van der Waals surface area (Å²) in [6.07, 6.45) is -29.3. The van der Waals surface area contributed by atoms with Crippen LogP contribution in [0.1, 0.15) is 20.8 Å². The first-order valence-corrected chi connectivity index (χ1v) is 17.1. The van der Waals surface area contributed by atoms with E-state index in [9.17, 15) is 70.6 Å². The molecule has 0 aromatic carbocycles. The number of ether oxygens (including phenoxy) is 7. The third kappa shape index (κ3) is 9.97. The summed E-state index contributed by atoms with van der Waals surface area (Å²) in [6.45, 7) is 0.0884. The highest BCUT2D eigenvalue weighted by molar-refractivity contribution is 5.74. The molecule has 14 N–H and O–H groups in total. The standard InChI is InChI=1S/C30H51N3O21/c1-8(37)31-15-22(44)18(40)11(4-34)50-28(15)48-7-14-21(43)25(17(27(47)49-14)33-10(3)39)53-30-24(46)26(20(42)13(6-36)52-30)54-29-16(32-9(2)38)23(45)19(41)12(5-35)51-29/h11-30,34-36,40-47H,4-7H2,1-3H3,(H,31,37)(H,32,38)(H,33,39)/t11-,12-,13-,14-,15-,16-,17-,18-,19-,20+,21+,22-,23-,24-,25-,26+,27?,28-,29+,30+/m1/s1. The number of aliphatic hydroxyl groups excluding tert-OH is 11. The Balaban J connectivity index is 1.57. The van der Waals surface area contributed by atoms with Gasteiger partial charge in [0.1, 0.15) is 97.5 Å². The van der Waals surface area contributed by atoms with Crippen LogP contribution >= 0.6 is 0 Å². The van der Waals surface area contributed by atoms with Crippen molar-refractivity contribution in [1.29, 1.82) is 0 Å². The quantitative estimate of drug-likeness (QED) is 0.0823. The Morgan fingerprint density at radius 3 is 1.39 bits per heavy atom. The third-order valence-electron chi connectivity index (χ3n) is 9.39. The van der Waals surface area contributed by atoms with Crippen LogP contribution in [-0.2, 0) is 47.5 Å². The van der Waals surface area contributed by atoms with E-state index in [4.69, 9.17) is 33.2 Å². The lowest BCUT2D eigenvalue weighted by molar-refractivity contribution is -0.367. The molecule has 54 heavy (non-hydrogen) atoms. The van der Waals surface area contributed by atoms with Gasteiger partial charge in [-0.05, 0) is 0 Å². The molecular weight excluding hydrogens is 738 g/mol. The molecule has 0 aromatic heterocycles. The molecule has 4 aliphatic rings. The van der Waals surface area contributed by atoms with Gasteiger partial charge >= 0.3 is 0 Å². The summed E-state index contributed by atoms with van der Waals surface area (Å²) in [5.74, 6) is -2.09. The van der Waals surface area contributed by atoms with E-state index in [0.29, 0.717) is 0 Å². The second-order valence-electron chi connectivity index (χ2n) is 13.4. The molecule has 20 atom stereocenters. The predicted octanol–water partition coefficient (Wildman–Crippen LogP) is -9.32. The van der Waals surface area contributed by atoms with Crippen molar-refractivity contribution in [3.05, 3.63) is 0 Å². The number of carbonyl (C=O) groups excluding carboxylic acids is 3. The van der Waals surface area contributed by atoms with Gasteiger partial charge in [0.2, 0.25) is 17.7 Å². The van der Waals surface area contributed by atoms with Gasteiger partial charge in [0, 0.05) is 20.8 Å². The number of hydrogen-bond donors (Lipinski definition) is 14. The molecule has 0 radical (unpaired) electrons. The van der Waals surface area contributed by atoms with Crippen LogP contribution in [-0.4, -0.2) is 223 Å². The molecule has 4 heterocycles. The van der Waals surface area contributed by atoms with E-state index in [1.54, 1.807) is 0 Å². The summed E-state index contributed by atoms with van der Waals surface area (Å²) in [6, 6.07) is -4.47. The van der Waals surface area contributed by atoms with Gasteiger partial charge in [-0.1, -0.05) is 0 Å². The Hall–Kier alpha value is -2.31. The molecule has 4 fully saturated rings. The number of aliphatic hydroxyl groups is 11. The van der Waals surface area contributed by atoms with E-state index >= 15 is 0 Å². The van der Waals surface area contributed by atoms with Crippen molar-refractivity contribution in [3.8, 4) is 0 Å². The lowest BCUT2D eigenvalue weighted by Crippen LogP contribution is -2.69. The average Bonchev–Trinajstić information content (AvgIpc) is 3.11. The summed E-state index contributed by atoms with van der Waals surface area (Å²) in [5, 5.41) is 123. The molecular formula is C30H51N3O21. The summed E-state index contributed by atoms with van der Waals surface area (Å²) in [4.78, 5) is 35.9. The Kier molecular flexibility index (Phi) is 15.8. The fourth-order valence-electron chi connectivity index (χ4n) is 6.65. The highest BCUT2D eigenvalue weighted by Gasteiger charge is 2.55. The molecule has 312 valence electrons. The molecule has 24 heteroatoms. The maximum atomic E-state index is 12.1. The Morgan fingerprint density at radius 2 is 0.889 bits per heavy atom. The van der Waals surface area contributed by atoms with Crippen LogP contribution in [0.4, 0.5) is 0 Å². The Labute approximate surface area is 307 Å². The number of amides is 3. The van der Waals surface area contributed by atoms with Crippen molar-refractivity contribution in [1.82, 2.24) is 16.0 Å². The monoisotopic (exact) mass is 789 g/mol. The predicted molar refractivity (Wildman–Crippen MR) is 169 cm³/mol. The first-order valence-electron chi connectivity index (χ1n) is 17.1. The highest BCUT2D eigenvalue weighted by atomic mass is 16.7. The van der Waals surface area contributed by atoms with Gasteiger partial charge < -0.3 is 105 Å². The van der Waals surface area contributed by atoms with Crippen LogP contribution in [0.15, 0.2) is 0 Å². The van der Waals surface area contributed by atoms with Crippen molar-refractivity contribution >= 4 is 17.7 Å². The van der Waals surface area contributed by atoms with Gasteiger partial charge in [0.25, 0.3) is 0 Å². The van der Waals surface area contributed by atoms with Crippen molar-refractivity contribution in [2.75, 3.05) is 26.4 Å². The molecule has 0 aromatic rings. The molecule has 3 amide bonds. The fraction of sp³-hybridized carbons (Fsp3) is 0.900. The second-order valence-corrected chi connectivity index (χ2v) is 13.4. The van der Waals surface area contributed by atoms with Crippen LogP contribution in [0.5, 0.6) is 0 Å². The lowest BCUT2D eigenvalue weighted by Gasteiger charge is -2.49. The first-order chi connectivity index (χ1) is 25.4. The molecule has 24 nitrogen and oxygen atoms in total. The van der Waals surface area contributed by atoms with Crippen molar-refractivity contribution in [2.45, 2.75) is 143 Å². The molecule has 0 spiro atoms. The van der Waals surface area contributed by atoms with Crippen LogP contribution in [0.2, 0.25) is 0 Å². The first kappa shape index (κ1) is 44.4. The zero-order valence-electron chi connectivity index (χ0n) is 29.4. The number of rotatable bonds is 13. The maximum absolute atomic E-state index is 12.1. The minimum atomic E-state index is -2.06. The molecule has 4 aliphatic heterocycles. The van der Waals surface area contributed by atoms with Crippen molar-refractivity contribution in [2.24, 2.45) is 0 Å². The zero-order valence-corrected chi connectivity index (χ0v) is 29.4. The molecule has 4 saturated heterocycles. The SMILES string of the molecule is CC(=O)N[C@H]1[C@H](OC[C@H]2OC(O)[C@H](NC(C)=O)[C@@H](O[C@@H]3O[C@H](CO)[C@H](O)[C@H](O[C@@H]4O[C@H](CO)[C@@H](O)[C@H](O)[C@H]4NC(C)=O)[C@H]3O)[C@H]2O)O[C@H](CO)[C@@H](O)[C@@H]1O. The van der Waals surface area contributed by atoms with Crippen LogP contribution < -0.4 is 16.0 Å². The Bertz CT molecular complexity index is 1250. The zero-order chi connectivity index (χ0) is 40.2. The Morgan fingerprint density at radius 1 is 0.481 bits per heavy atom. The van der Waals surface area contributed by atoms with Crippen molar-refractivity contribution < 1.29 is 104 Å². The maximum Gasteiger partial charge on any atom is 0.217 e. The summed E-state index contributed by atoms with van der Waals surface area (Å²) >= 11 is 0. The number of hydrogen-bond acceptors (Lipinski definition) is 21. The van der Waals surface area contributed by atoms with Gasteiger partial charge in [-0.15, -0.1) is 0 Å². The highest BCUT2D eigenvalue weighted by Crippen LogP contribution is 2.33. The van der Waals surface area contributed by atoms with E-state index in [0.717, 1.165) is 20.8 Å². The van der Waals surface area contributed by atoms with Crippen LogP contribution in [0.25, 0.3) is 0 Å². The van der Waals surface area contributed by atoms with E-state index in [2.05, 4.69) is 16.0 Å². The van der Waals surface area contributed by atoms with Gasteiger partial charge in [0.05, 0.1) is 26.4 Å². The number of nitrogens with one attached hydrogen (secondary N) is 3. The van der Waals surface area contributed by atoms with E-state index < -0.39 is 167 Å². The smallest absolute Gasteiger partial charge is 0.217 e. The minimum Gasteiger partial charge on any atom is -0.394 e. The average molecular weight is 790 g/mol. The number of carbonyl (C=O) groups is 3. The van der Waals surface area contributed by atoms with Gasteiger partial charge in [0.15, 0.2) is 25.2 Å². The second kappa shape index (κ2) is 19.2. The largest absolute Gasteiger partial charge is 0.394 e. The molecule has 0 aliphatic carbocycles. The van der Waals surface area contributed by atoms with E-state index in [1.165, 1.54) is 0 Å². The molecule has 1 unspecified atom stereocenters. The molecule has 4 rings (SSSR count). The molecule has 0 bridgehead atoms. The van der Waals surface area contributed by atoms with Crippen LogP contribution in [0, 0.1) is 0 Å². The normalized spacial score (nSPS) is 45.7. The summed E-state index contributed by atoms with van der Waals surface area (Å²) in [5.41, 5.74) is 0. The van der Waals surface area contributed by atoms with Gasteiger partial charge in [-0.2, -0.15) is 0 Å². The third-order valence-corrected chi connectivity index (χ3v) is 9.39. The van der Waals surface area contributed by atoms with Gasteiger partial charge in [-0.3, -0.25) is 14.4 Å². The fourth-order valence-corrected chi connectivity index (χ4v) is 6.65. The van der Waals surface area contributed by atoms with E-state index in [-0.39, 0.29) is 0 Å². The topological polar surface area (TPSA) is 374 Å². The lowest BCUT2D eigenvalue weighted by atomic mass is 9.94. The van der Waals surface area contributed by atoms with Crippen molar-refractivity contribution in [3.63, 3.8) is 0 Å². The van der Waals surface area contributed by atoms with E-state index in [1.807, 2.05) is 0 Å². The molecule has 0 saturated carbocycles. The summed E-state index contributed by atoms with van der Waals surface area (Å²) < 4.78 is 39.5. The van der Waals surface area contributed by atoms with Gasteiger partial charge in [-0.25, -0.2) is 0 Å².